The Balaban J connectivity index is 2.91. The summed E-state index contributed by atoms with van der Waals surface area (Å²) in [4.78, 5) is 5.13. The van der Waals surface area contributed by atoms with Gasteiger partial charge >= 0.3 is 0 Å². The van der Waals surface area contributed by atoms with Crippen LogP contribution in [-0.2, 0) is 9.57 Å². The molecule has 0 spiro atoms. The van der Waals surface area contributed by atoms with E-state index in [-0.39, 0.29) is 0 Å². The maximum Gasteiger partial charge on any atom is 0.0918 e. The van der Waals surface area contributed by atoms with Gasteiger partial charge in [-0.15, -0.1) is 0 Å². The first-order chi connectivity index (χ1) is 5.13. The van der Waals surface area contributed by atoms with Gasteiger partial charge in [0.05, 0.1) is 13.2 Å². The first-order valence-corrected chi connectivity index (χ1v) is 4.01. The van der Waals surface area contributed by atoms with Crippen LogP contribution >= 0.6 is 0 Å². The summed E-state index contributed by atoms with van der Waals surface area (Å²) in [6.45, 7) is 6.40. The van der Waals surface area contributed by atoms with Gasteiger partial charge in [0.2, 0.25) is 0 Å². The summed E-state index contributed by atoms with van der Waals surface area (Å²) in [5, 5.41) is 1.68. The third-order valence-electron chi connectivity index (χ3n) is 1.03. The van der Waals surface area contributed by atoms with Crippen molar-refractivity contribution in [3.05, 3.63) is 0 Å². The van der Waals surface area contributed by atoms with Crippen LogP contribution in [0.3, 0.4) is 0 Å². The lowest BCUT2D eigenvalue weighted by Gasteiger charge is -2.11. The van der Waals surface area contributed by atoms with E-state index in [2.05, 4.69) is 13.8 Å². The summed E-state index contributed by atoms with van der Waals surface area (Å²) in [6, 6.07) is 0. The molecule has 0 aromatic rings. The number of nitrogens with zero attached hydrogens (tertiary/aromatic N) is 1. The summed E-state index contributed by atoms with van der Waals surface area (Å²) in [5.41, 5.74) is 0. The van der Waals surface area contributed by atoms with Gasteiger partial charge < -0.3 is 4.74 Å². The molecule has 0 saturated heterocycles. The molecule has 3 nitrogen and oxygen atoms in total. The molecular weight excluding hydrogens is 142 g/mol. The first-order valence-electron chi connectivity index (χ1n) is 4.01. The predicted octanol–water partition coefficient (Wildman–Crippen LogP) is 1.15. The lowest BCUT2D eigenvalue weighted by molar-refractivity contribution is -0.134. The second-order valence-corrected chi connectivity index (χ2v) is 3.11. The van der Waals surface area contributed by atoms with Crippen molar-refractivity contribution >= 4 is 0 Å². The van der Waals surface area contributed by atoms with E-state index in [1.807, 2.05) is 14.1 Å². The van der Waals surface area contributed by atoms with Crippen LogP contribution in [0.25, 0.3) is 0 Å². The fraction of sp³-hybridized carbons (Fsp3) is 1.00. The summed E-state index contributed by atoms with van der Waals surface area (Å²) in [5.74, 6) is 0.606. The van der Waals surface area contributed by atoms with Gasteiger partial charge in [-0.05, 0) is 5.92 Å². The van der Waals surface area contributed by atoms with E-state index in [9.17, 15) is 0 Å². The molecule has 3 heteroatoms. The quantitative estimate of drug-likeness (QED) is 0.431. The van der Waals surface area contributed by atoms with Gasteiger partial charge in [-0.1, -0.05) is 13.8 Å². The third-order valence-corrected chi connectivity index (χ3v) is 1.03. The topological polar surface area (TPSA) is 21.7 Å². The minimum atomic E-state index is 0.606. The Bertz CT molecular complexity index is 74.2. The standard InChI is InChI=1S/C8H19NO2/c1-8(2)7-10-5-6-11-9(3)4/h8H,5-7H2,1-4H3. The molecule has 0 aromatic carbocycles. The van der Waals surface area contributed by atoms with Crippen molar-refractivity contribution in [2.24, 2.45) is 5.92 Å². The van der Waals surface area contributed by atoms with Crippen molar-refractivity contribution < 1.29 is 9.57 Å². The molecule has 0 N–H and O–H groups in total. The largest absolute Gasteiger partial charge is 0.379 e. The Hall–Kier alpha value is -0.120. The highest BCUT2D eigenvalue weighted by atomic mass is 16.7. The van der Waals surface area contributed by atoms with Crippen LogP contribution in [0.4, 0.5) is 0 Å². The average Bonchev–Trinajstić information content (AvgIpc) is 1.85. The average molecular weight is 161 g/mol. The highest BCUT2D eigenvalue weighted by Crippen LogP contribution is 1.91. The van der Waals surface area contributed by atoms with Gasteiger partial charge in [-0.3, -0.25) is 4.84 Å². The van der Waals surface area contributed by atoms with E-state index in [1.54, 1.807) is 5.06 Å². The Morgan fingerprint density at radius 3 is 2.27 bits per heavy atom. The van der Waals surface area contributed by atoms with Crippen LogP contribution in [0.5, 0.6) is 0 Å². The Morgan fingerprint density at radius 2 is 1.82 bits per heavy atom. The summed E-state index contributed by atoms with van der Waals surface area (Å²) in [6.07, 6.45) is 0. The number of hydroxylamine groups is 2. The number of hydrogen-bond donors (Lipinski definition) is 0. The maximum atomic E-state index is 5.29. The normalized spacial score (nSPS) is 11.5. The lowest BCUT2D eigenvalue weighted by Crippen LogP contribution is -2.17. The molecule has 0 radical (unpaired) electrons. The van der Waals surface area contributed by atoms with Crippen molar-refractivity contribution in [1.82, 2.24) is 5.06 Å². The van der Waals surface area contributed by atoms with Crippen LogP contribution in [0.2, 0.25) is 0 Å². The van der Waals surface area contributed by atoms with E-state index < -0.39 is 0 Å². The minimum Gasteiger partial charge on any atom is -0.379 e. The SMILES string of the molecule is CC(C)COCCON(C)C. The van der Waals surface area contributed by atoms with Gasteiger partial charge in [0, 0.05) is 20.7 Å². The number of ether oxygens (including phenoxy) is 1. The summed E-state index contributed by atoms with van der Waals surface area (Å²) < 4.78 is 5.29. The van der Waals surface area contributed by atoms with E-state index in [1.165, 1.54) is 0 Å². The van der Waals surface area contributed by atoms with E-state index >= 15 is 0 Å². The summed E-state index contributed by atoms with van der Waals surface area (Å²) in [7, 11) is 3.73. The van der Waals surface area contributed by atoms with Crippen LogP contribution in [0, 0.1) is 5.92 Å². The monoisotopic (exact) mass is 161 g/mol. The lowest BCUT2D eigenvalue weighted by atomic mass is 10.2. The fourth-order valence-electron chi connectivity index (χ4n) is 0.598. The van der Waals surface area contributed by atoms with Gasteiger partial charge in [0.1, 0.15) is 0 Å². The Morgan fingerprint density at radius 1 is 1.18 bits per heavy atom. The number of hydrogen-bond acceptors (Lipinski definition) is 3. The van der Waals surface area contributed by atoms with Crippen molar-refractivity contribution in [3.8, 4) is 0 Å². The van der Waals surface area contributed by atoms with Gasteiger partial charge in [0.25, 0.3) is 0 Å². The van der Waals surface area contributed by atoms with Crippen LogP contribution < -0.4 is 0 Å². The molecule has 68 valence electrons. The van der Waals surface area contributed by atoms with Crippen molar-refractivity contribution in [3.63, 3.8) is 0 Å². The molecule has 0 bridgehead atoms. The van der Waals surface area contributed by atoms with Crippen LogP contribution in [0.1, 0.15) is 13.8 Å². The van der Waals surface area contributed by atoms with Crippen molar-refractivity contribution in [2.75, 3.05) is 33.9 Å². The molecule has 0 saturated carbocycles. The van der Waals surface area contributed by atoms with E-state index in [0.29, 0.717) is 19.1 Å². The van der Waals surface area contributed by atoms with E-state index in [4.69, 9.17) is 9.57 Å². The van der Waals surface area contributed by atoms with Crippen LogP contribution in [0.15, 0.2) is 0 Å². The molecule has 0 heterocycles. The molecule has 0 aliphatic heterocycles. The highest BCUT2D eigenvalue weighted by Gasteiger charge is 1.93. The zero-order chi connectivity index (χ0) is 8.69. The first kappa shape index (κ1) is 10.9. The molecule has 0 aromatic heterocycles. The molecular formula is C8H19NO2. The minimum absolute atomic E-state index is 0.606. The molecule has 0 amide bonds. The van der Waals surface area contributed by atoms with Gasteiger partial charge in [-0.25, -0.2) is 0 Å². The zero-order valence-corrected chi connectivity index (χ0v) is 7.96. The molecule has 0 rings (SSSR count). The number of rotatable bonds is 6. The second kappa shape index (κ2) is 6.58. The summed E-state index contributed by atoms with van der Waals surface area (Å²) >= 11 is 0. The smallest absolute Gasteiger partial charge is 0.0918 e. The molecule has 0 fully saturated rings. The Kier molecular flexibility index (Phi) is 6.51. The van der Waals surface area contributed by atoms with Gasteiger partial charge in [0.15, 0.2) is 0 Å². The van der Waals surface area contributed by atoms with Crippen molar-refractivity contribution in [2.45, 2.75) is 13.8 Å². The van der Waals surface area contributed by atoms with E-state index in [0.717, 1.165) is 6.61 Å². The molecule has 0 unspecified atom stereocenters. The Labute approximate surface area is 69.2 Å². The second-order valence-electron chi connectivity index (χ2n) is 3.11. The molecule has 0 atom stereocenters. The highest BCUT2D eigenvalue weighted by molar-refractivity contribution is 4.38. The van der Waals surface area contributed by atoms with Crippen LogP contribution in [-0.4, -0.2) is 39.0 Å². The molecule has 0 aliphatic rings. The van der Waals surface area contributed by atoms with Gasteiger partial charge in [-0.2, -0.15) is 5.06 Å². The molecule has 0 aliphatic carbocycles. The predicted molar refractivity (Wildman–Crippen MR) is 45.3 cm³/mol. The maximum absolute atomic E-state index is 5.29. The molecule has 11 heavy (non-hydrogen) atoms. The zero-order valence-electron chi connectivity index (χ0n) is 7.96. The third kappa shape index (κ3) is 9.88. The fourth-order valence-corrected chi connectivity index (χ4v) is 0.598. The van der Waals surface area contributed by atoms with Crippen molar-refractivity contribution in [1.29, 1.82) is 0 Å².